The average Bonchev–Trinajstić information content (AvgIpc) is 3.17. The second-order valence-electron chi connectivity index (χ2n) is 5.83. The van der Waals surface area contributed by atoms with E-state index < -0.39 is 10.0 Å². The van der Waals surface area contributed by atoms with Gasteiger partial charge in [0, 0.05) is 31.2 Å². The first-order chi connectivity index (χ1) is 10.1. The van der Waals surface area contributed by atoms with E-state index in [4.69, 9.17) is 5.73 Å². The van der Waals surface area contributed by atoms with E-state index in [0.717, 1.165) is 19.5 Å². The summed E-state index contributed by atoms with van der Waals surface area (Å²) >= 11 is 0. The summed E-state index contributed by atoms with van der Waals surface area (Å²) in [6.45, 7) is 3.51. The maximum absolute atomic E-state index is 12.7. The number of nitrogens with zero attached hydrogens (tertiary/aromatic N) is 3. The Balaban J connectivity index is 1.73. The number of aromatic amines is 1. The second-order valence-corrected chi connectivity index (χ2v) is 7.71. The lowest BCUT2D eigenvalue weighted by molar-refractivity contribution is 0.169. The molecule has 0 bridgehead atoms. The Morgan fingerprint density at radius 2 is 2.05 bits per heavy atom. The summed E-state index contributed by atoms with van der Waals surface area (Å²) in [7, 11) is -3.50. The first kappa shape index (κ1) is 15.0. The lowest BCUT2D eigenvalue weighted by Crippen LogP contribution is -2.41. The largest absolute Gasteiger partial charge is 0.326 e. The number of aromatic nitrogens is 2. The number of likely N-dealkylation sites (tertiary alicyclic amines) is 1. The van der Waals surface area contributed by atoms with E-state index in [0.29, 0.717) is 24.7 Å². The highest BCUT2D eigenvalue weighted by Gasteiger charge is 2.37. The molecule has 0 saturated carbocycles. The van der Waals surface area contributed by atoms with Crippen molar-refractivity contribution in [3.63, 3.8) is 0 Å². The Hall–Kier alpha value is -0.960. The molecule has 8 heteroatoms. The lowest BCUT2D eigenvalue weighted by atomic mass is 10.1. The Morgan fingerprint density at radius 3 is 2.76 bits per heavy atom. The highest BCUT2D eigenvalue weighted by atomic mass is 32.2. The maximum atomic E-state index is 12.7. The maximum Gasteiger partial charge on any atom is 0.260 e. The van der Waals surface area contributed by atoms with Gasteiger partial charge < -0.3 is 5.73 Å². The standard InChI is InChI=1S/C13H23N5O2S/c14-8-11-9-15-16-13(11)21(19,20)18-7-4-12(10-18)17-5-2-1-3-6-17/h9,12H,1-8,10,14H2,(H,15,16). The fraction of sp³-hybridized carbons (Fsp3) is 0.769. The molecule has 7 nitrogen and oxygen atoms in total. The summed E-state index contributed by atoms with van der Waals surface area (Å²) < 4.78 is 26.9. The number of nitrogens with two attached hydrogens (primary N) is 1. The van der Waals surface area contributed by atoms with Gasteiger partial charge in [-0.15, -0.1) is 0 Å². The molecule has 3 heterocycles. The van der Waals surface area contributed by atoms with Crippen LogP contribution in [0.1, 0.15) is 31.2 Å². The summed E-state index contributed by atoms with van der Waals surface area (Å²) in [6, 6.07) is 0.351. The molecule has 3 rings (SSSR count). The van der Waals surface area contributed by atoms with Crippen LogP contribution in [-0.4, -0.2) is 60.0 Å². The molecule has 0 aliphatic carbocycles. The number of sulfonamides is 1. The van der Waals surface area contributed by atoms with Gasteiger partial charge in [0.05, 0.1) is 6.20 Å². The molecule has 2 aliphatic rings. The Bertz CT molecular complexity index is 579. The summed E-state index contributed by atoms with van der Waals surface area (Å²) in [6.07, 6.45) is 6.14. The minimum atomic E-state index is -3.50. The van der Waals surface area contributed by atoms with E-state index in [2.05, 4.69) is 15.1 Å². The predicted octanol–water partition coefficient (Wildman–Crippen LogP) is 0.117. The highest BCUT2D eigenvalue weighted by molar-refractivity contribution is 7.89. The molecule has 2 fully saturated rings. The van der Waals surface area contributed by atoms with Crippen LogP contribution >= 0.6 is 0 Å². The molecule has 1 aromatic rings. The van der Waals surface area contributed by atoms with Crippen molar-refractivity contribution in [3.8, 4) is 0 Å². The Morgan fingerprint density at radius 1 is 1.29 bits per heavy atom. The summed E-state index contributed by atoms with van der Waals surface area (Å²) in [4.78, 5) is 2.44. The number of hydrogen-bond acceptors (Lipinski definition) is 5. The average molecular weight is 313 g/mol. The molecule has 3 N–H and O–H groups in total. The van der Waals surface area contributed by atoms with Crippen molar-refractivity contribution in [1.29, 1.82) is 0 Å². The van der Waals surface area contributed by atoms with Crippen LogP contribution < -0.4 is 5.73 Å². The number of nitrogens with one attached hydrogen (secondary N) is 1. The van der Waals surface area contributed by atoms with Crippen LogP contribution in [0.4, 0.5) is 0 Å². The summed E-state index contributed by atoms with van der Waals surface area (Å²) in [5.41, 5.74) is 6.14. The molecule has 118 valence electrons. The molecular formula is C13H23N5O2S. The molecular weight excluding hydrogens is 290 g/mol. The summed E-state index contributed by atoms with van der Waals surface area (Å²) in [5.74, 6) is 0. The Labute approximate surface area is 125 Å². The van der Waals surface area contributed by atoms with Crippen LogP contribution in [0, 0.1) is 0 Å². The zero-order valence-electron chi connectivity index (χ0n) is 12.2. The van der Waals surface area contributed by atoms with Crippen LogP contribution in [-0.2, 0) is 16.6 Å². The Kier molecular flexibility index (Phi) is 4.30. The van der Waals surface area contributed by atoms with Crippen molar-refractivity contribution < 1.29 is 8.42 Å². The summed E-state index contributed by atoms with van der Waals surface area (Å²) in [5, 5.41) is 6.57. The van der Waals surface area contributed by atoms with Crippen molar-refractivity contribution in [2.45, 2.75) is 43.3 Å². The minimum Gasteiger partial charge on any atom is -0.326 e. The number of H-pyrrole nitrogens is 1. The fourth-order valence-corrected chi connectivity index (χ4v) is 4.92. The van der Waals surface area contributed by atoms with E-state index >= 15 is 0 Å². The third-order valence-corrected chi connectivity index (χ3v) is 6.41. The SMILES string of the molecule is NCc1cn[nH]c1S(=O)(=O)N1CCC(N2CCCCC2)C1. The third-order valence-electron chi connectivity index (χ3n) is 4.53. The predicted molar refractivity (Wildman–Crippen MR) is 79.1 cm³/mol. The topological polar surface area (TPSA) is 95.3 Å². The molecule has 2 aliphatic heterocycles. The number of piperidine rings is 1. The molecule has 1 aromatic heterocycles. The molecule has 0 radical (unpaired) electrons. The number of hydrogen-bond donors (Lipinski definition) is 2. The van der Waals surface area contributed by atoms with E-state index in [-0.39, 0.29) is 11.6 Å². The van der Waals surface area contributed by atoms with E-state index in [1.807, 2.05) is 0 Å². The van der Waals surface area contributed by atoms with Gasteiger partial charge in [0.1, 0.15) is 0 Å². The van der Waals surface area contributed by atoms with Crippen molar-refractivity contribution in [1.82, 2.24) is 19.4 Å². The van der Waals surface area contributed by atoms with Gasteiger partial charge in [0.2, 0.25) is 0 Å². The van der Waals surface area contributed by atoms with Crippen LogP contribution in [0.3, 0.4) is 0 Å². The van der Waals surface area contributed by atoms with Gasteiger partial charge in [0.15, 0.2) is 5.03 Å². The molecule has 1 unspecified atom stereocenters. The van der Waals surface area contributed by atoms with E-state index in [9.17, 15) is 8.42 Å². The van der Waals surface area contributed by atoms with Crippen molar-refractivity contribution in [3.05, 3.63) is 11.8 Å². The minimum absolute atomic E-state index is 0.157. The normalized spacial score (nSPS) is 25.5. The van der Waals surface area contributed by atoms with E-state index in [1.54, 1.807) is 4.31 Å². The van der Waals surface area contributed by atoms with Crippen molar-refractivity contribution >= 4 is 10.0 Å². The van der Waals surface area contributed by atoms with Crippen LogP contribution in [0.2, 0.25) is 0 Å². The van der Waals surface area contributed by atoms with Gasteiger partial charge in [-0.3, -0.25) is 10.00 Å². The van der Waals surface area contributed by atoms with Crippen molar-refractivity contribution in [2.75, 3.05) is 26.2 Å². The quantitative estimate of drug-likeness (QED) is 0.823. The first-order valence-electron chi connectivity index (χ1n) is 7.59. The molecule has 1 atom stereocenters. The fourth-order valence-electron chi connectivity index (χ4n) is 3.31. The first-order valence-corrected chi connectivity index (χ1v) is 9.03. The smallest absolute Gasteiger partial charge is 0.260 e. The van der Waals surface area contributed by atoms with Crippen LogP contribution in [0.5, 0.6) is 0 Å². The van der Waals surface area contributed by atoms with Gasteiger partial charge >= 0.3 is 0 Å². The van der Waals surface area contributed by atoms with Gasteiger partial charge in [-0.1, -0.05) is 6.42 Å². The van der Waals surface area contributed by atoms with Gasteiger partial charge in [-0.2, -0.15) is 9.40 Å². The second kappa shape index (κ2) is 6.04. The lowest BCUT2D eigenvalue weighted by Gasteiger charge is -2.32. The zero-order chi connectivity index (χ0) is 14.9. The third kappa shape index (κ3) is 2.85. The molecule has 0 aromatic carbocycles. The molecule has 0 amide bonds. The molecule has 2 saturated heterocycles. The highest BCUT2D eigenvalue weighted by Crippen LogP contribution is 2.25. The van der Waals surface area contributed by atoms with Gasteiger partial charge in [-0.05, 0) is 32.4 Å². The van der Waals surface area contributed by atoms with Gasteiger partial charge in [0.25, 0.3) is 10.0 Å². The van der Waals surface area contributed by atoms with Crippen LogP contribution in [0.15, 0.2) is 11.2 Å². The zero-order valence-corrected chi connectivity index (χ0v) is 13.0. The van der Waals surface area contributed by atoms with Crippen LogP contribution in [0.25, 0.3) is 0 Å². The number of rotatable bonds is 4. The monoisotopic (exact) mass is 313 g/mol. The van der Waals surface area contributed by atoms with Gasteiger partial charge in [-0.25, -0.2) is 8.42 Å². The molecule has 0 spiro atoms. The van der Waals surface area contributed by atoms with Crippen molar-refractivity contribution in [2.24, 2.45) is 5.73 Å². The van der Waals surface area contributed by atoms with E-state index in [1.165, 1.54) is 25.5 Å². The molecule has 21 heavy (non-hydrogen) atoms.